The molecule has 0 spiro atoms. The molecule has 0 heterocycles. The Balaban J connectivity index is 2.63. The number of hydrogen-bond donors (Lipinski definition) is 1. The van der Waals surface area contributed by atoms with Gasteiger partial charge in [-0.05, 0) is 29.3 Å². The van der Waals surface area contributed by atoms with Gasteiger partial charge in [0, 0.05) is 15.7 Å². The Bertz CT molecular complexity index is 286. The number of aryl methyl sites for hydroxylation is 1. The number of hydrogen-bond acceptors (Lipinski definition) is 3. The van der Waals surface area contributed by atoms with Gasteiger partial charge in [-0.2, -0.15) is 0 Å². The lowest BCUT2D eigenvalue weighted by Gasteiger charge is -2.00. The Morgan fingerprint density at radius 3 is 2.67 bits per heavy atom. The van der Waals surface area contributed by atoms with Crippen molar-refractivity contribution in [1.29, 1.82) is 0 Å². The highest BCUT2D eigenvalue weighted by Gasteiger charge is 2.02. The Kier molecular flexibility index (Phi) is 3.49. The Hall–Kier alpha value is -0.610. The summed E-state index contributed by atoms with van der Waals surface area (Å²) in [5, 5.41) is 7.55. The molecule has 2 nitrogen and oxygen atoms in total. The SMILES string of the molecule is Cc1ccccc1SSC(=O)O. The van der Waals surface area contributed by atoms with Gasteiger partial charge in [0.1, 0.15) is 0 Å². The predicted octanol–water partition coefficient (Wildman–Crippen LogP) is 3.41. The molecule has 4 heteroatoms. The first-order chi connectivity index (χ1) is 5.70. The number of benzene rings is 1. The highest BCUT2D eigenvalue weighted by atomic mass is 33.1. The van der Waals surface area contributed by atoms with E-state index in [0.29, 0.717) is 0 Å². The monoisotopic (exact) mass is 200 g/mol. The van der Waals surface area contributed by atoms with Gasteiger partial charge < -0.3 is 5.11 Å². The van der Waals surface area contributed by atoms with Gasteiger partial charge in [-0.25, -0.2) is 4.79 Å². The molecule has 0 atom stereocenters. The molecule has 0 fully saturated rings. The molecule has 0 aromatic heterocycles. The van der Waals surface area contributed by atoms with E-state index in [1.807, 2.05) is 31.2 Å². The highest BCUT2D eigenvalue weighted by Crippen LogP contribution is 2.33. The third-order valence-electron chi connectivity index (χ3n) is 1.30. The number of carboxylic acid groups (broad SMARTS) is 1. The second-order valence-electron chi connectivity index (χ2n) is 2.20. The van der Waals surface area contributed by atoms with Gasteiger partial charge in [0.15, 0.2) is 0 Å². The summed E-state index contributed by atoms with van der Waals surface area (Å²) >= 11 is 0. The molecule has 1 rings (SSSR count). The second kappa shape index (κ2) is 4.42. The average Bonchev–Trinajstić information content (AvgIpc) is 2.03. The minimum Gasteiger partial charge on any atom is -0.473 e. The largest absolute Gasteiger partial charge is 0.473 e. The Morgan fingerprint density at radius 2 is 2.08 bits per heavy atom. The van der Waals surface area contributed by atoms with Crippen molar-refractivity contribution in [3.05, 3.63) is 29.8 Å². The molecule has 1 N–H and O–H groups in total. The molecule has 0 saturated heterocycles. The first kappa shape index (κ1) is 9.48. The van der Waals surface area contributed by atoms with Crippen molar-refractivity contribution >= 4 is 26.9 Å². The zero-order valence-corrected chi connectivity index (χ0v) is 8.11. The summed E-state index contributed by atoms with van der Waals surface area (Å²) in [6, 6.07) is 7.71. The van der Waals surface area contributed by atoms with Crippen LogP contribution in [0.3, 0.4) is 0 Å². The molecule has 1 aromatic rings. The lowest BCUT2D eigenvalue weighted by atomic mass is 10.2. The van der Waals surface area contributed by atoms with E-state index in [-0.39, 0.29) is 0 Å². The second-order valence-corrected chi connectivity index (χ2v) is 4.32. The van der Waals surface area contributed by atoms with Gasteiger partial charge in [-0.3, -0.25) is 0 Å². The molecule has 0 saturated carbocycles. The fraction of sp³-hybridized carbons (Fsp3) is 0.125. The van der Waals surface area contributed by atoms with Crippen LogP contribution in [0.5, 0.6) is 0 Å². The summed E-state index contributed by atoms with van der Waals surface area (Å²) < 4.78 is 0. The first-order valence-electron chi connectivity index (χ1n) is 3.33. The molecule has 12 heavy (non-hydrogen) atoms. The van der Waals surface area contributed by atoms with E-state index in [1.165, 1.54) is 10.8 Å². The molecule has 0 aliphatic carbocycles. The van der Waals surface area contributed by atoms with Crippen molar-refractivity contribution in [1.82, 2.24) is 0 Å². The van der Waals surface area contributed by atoms with Crippen molar-refractivity contribution in [2.45, 2.75) is 11.8 Å². The summed E-state index contributed by atoms with van der Waals surface area (Å²) in [7, 11) is 2.10. The van der Waals surface area contributed by atoms with E-state index >= 15 is 0 Å². The number of carbonyl (C=O) groups is 1. The summed E-state index contributed by atoms with van der Waals surface area (Å²) in [6.07, 6.45) is 0. The van der Waals surface area contributed by atoms with E-state index in [9.17, 15) is 4.79 Å². The topological polar surface area (TPSA) is 37.3 Å². The van der Waals surface area contributed by atoms with E-state index < -0.39 is 5.30 Å². The van der Waals surface area contributed by atoms with Crippen molar-refractivity contribution in [3.63, 3.8) is 0 Å². The van der Waals surface area contributed by atoms with Crippen LogP contribution < -0.4 is 0 Å². The molecule has 0 aliphatic rings. The smallest absolute Gasteiger partial charge is 0.375 e. The average molecular weight is 200 g/mol. The van der Waals surface area contributed by atoms with Crippen LogP contribution in [-0.4, -0.2) is 10.4 Å². The van der Waals surface area contributed by atoms with Gasteiger partial charge in [0.2, 0.25) is 0 Å². The summed E-state index contributed by atoms with van der Waals surface area (Å²) in [5.41, 5.74) is 1.11. The maximum absolute atomic E-state index is 10.2. The molecule has 0 aliphatic heterocycles. The van der Waals surface area contributed by atoms with Crippen molar-refractivity contribution in [2.24, 2.45) is 0 Å². The normalized spacial score (nSPS) is 9.75. The van der Waals surface area contributed by atoms with Crippen LogP contribution in [0.2, 0.25) is 0 Å². The zero-order chi connectivity index (χ0) is 8.97. The third-order valence-corrected chi connectivity index (χ3v) is 3.38. The first-order valence-corrected chi connectivity index (χ1v) is 5.48. The molecular formula is C8H8O2S2. The maximum atomic E-state index is 10.2. The van der Waals surface area contributed by atoms with Crippen LogP contribution in [0.25, 0.3) is 0 Å². The van der Waals surface area contributed by atoms with Gasteiger partial charge in [-0.15, -0.1) is 0 Å². The van der Waals surface area contributed by atoms with E-state index in [1.54, 1.807) is 0 Å². The number of rotatable bonds is 2. The van der Waals surface area contributed by atoms with E-state index in [2.05, 4.69) is 0 Å². The van der Waals surface area contributed by atoms with Gasteiger partial charge in [-0.1, -0.05) is 18.2 Å². The molecule has 0 bridgehead atoms. The molecule has 0 amide bonds. The zero-order valence-electron chi connectivity index (χ0n) is 6.48. The van der Waals surface area contributed by atoms with Crippen molar-refractivity contribution in [2.75, 3.05) is 0 Å². The van der Waals surface area contributed by atoms with Gasteiger partial charge >= 0.3 is 5.30 Å². The summed E-state index contributed by atoms with van der Waals surface area (Å²) in [5.74, 6) is 0. The fourth-order valence-corrected chi connectivity index (χ4v) is 2.27. The van der Waals surface area contributed by atoms with Crippen LogP contribution in [0.15, 0.2) is 29.2 Å². The molecule has 0 radical (unpaired) electrons. The maximum Gasteiger partial charge on any atom is 0.375 e. The van der Waals surface area contributed by atoms with Crippen molar-refractivity contribution in [3.8, 4) is 0 Å². The van der Waals surface area contributed by atoms with Crippen molar-refractivity contribution < 1.29 is 9.90 Å². The summed E-state index contributed by atoms with van der Waals surface area (Å²) in [6.45, 7) is 1.96. The lowest BCUT2D eigenvalue weighted by Crippen LogP contribution is -1.80. The molecule has 64 valence electrons. The van der Waals surface area contributed by atoms with Crippen LogP contribution in [0.1, 0.15) is 5.56 Å². The van der Waals surface area contributed by atoms with Crippen LogP contribution in [0.4, 0.5) is 4.79 Å². The predicted molar refractivity (Wildman–Crippen MR) is 52.7 cm³/mol. The summed E-state index contributed by atoms with van der Waals surface area (Å²) in [4.78, 5) is 11.2. The standard InChI is InChI=1S/C8H8O2S2/c1-6-4-2-3-5-7(6)11-12-8(9)10/h2-5H,1H3,(H,9,10). The minimum atomic E-state index is -0.858. The quantitative estimate of drug-likeness (QED) is 0.742. The van der Waals surface area contributed by atoms with E-state index in [4.69, 9.17) is 5.11 Å². The molecule has 1 aromatic carbocycles. The van der Waals surface area contributed by atoms with Crippen LogP contribution in [0, 0.1) is 6.92 Å². The van der Waals surface area contributed by atoms with E-state index in [0.717, 1.165) is 21.3 Å². The fourth-order valence-electron chi connectivity index (χ4n) is 0.730. The van der Waals surface area contributed by atoms with Gasteiger partial charge in [0.25, 0.3) is 0 Å². The molecular weight excluding hydrogens is 192 g/mol. The highest BCUT2D eigenvalue weighted by molar-refractivity contribution is 8.82. The van der Waals surface area contributed by atoms with Crippen LogP contribution >= 0.6 is 21.6 Å². The van der Waals surface area contributed by atoms with Crippen LogP contribution in [-0.2, 0) is 0 Å². The van der Waals surface area contributed by atoms with Gasteiger partial charge in [0.05, 0.1) is 0 Å². The lowest BCUT2D eigenvalue weighted by molar-refractivity contribution is 0.222. The minimum absolute atomic E-state index is 0.832. The molecule has 0 unspecified atom stereocenters. The third kappa shape index (κ3) is 2.79. The Morgan fingerprint density at radius 1 is 1.42 bits per heavy atom. The Labute approximate surface area is 78.8 Å².